The molecule has 0 fully saturated rings. The first-order chi connectivity index (χ1) is 12.8. The van der Waals surface area contributed by atoms with E-state index in [1.54, 1.807) is 0 Å². The molecule has 6 heteroatoms. The predicted octanol–water partition coefficient (Wildman–Crippen LogP) is 5.74. The van der Waals surface area contributed by atoms with E-state index in [1.165, 1.54) is 11.1 Å². The number of aromatic nitrogens is 2. The van der Waals surface area contributed by atoms with Gasteiger partial charge in [-0.25, -0.2) is 0 Å². The standard InChI is InChI=1S/C21H23BrN4S/c1-13-8-9-19(10-14(13)2)24-21(27)23-18-7-5-6-17(11-18)12-26-16(4)20(22)15(3)25-26/h5-11H,12H2,1-4H3,(H2,23,24,27). The Morgan fingerprint density at radius 3 is 2.33 bits per heavy atom. The highest BCUT2D eigenvalue weighted by atomic mass is 79.9. The van der Waals surface area contributed by atoms with Crippen molar-refractivity contribution in [3.05, 3.63) is 75.0 Å². The maximum atomic E-state index is 5.46. The van der Waals surface area contributed by atoms with Gasteiger partial charge in [0.05, 0.1) is 22.4 Å². The Kier molecular flexibility index (Phi) is 5.97. The van der Waals surface area contributed by atoms with Crippen LogP contribution in [0.5, 0.6) is 0 Å². The largest absolute Gasteiger partial charge is 0.332 e. The van der Waals surface area contributed by atoms with Gasteiger partial charge in [0, 0.05) is 11.4 Å². The third kappa shape index (κ3) is 4.76. The van der Waals surface area contributed by atoms with E-state index in [0.29, 0.717) is 11.7 Å². The maximum absolute atomic E-state index is 5.46. The van der Waals surface area contributed by atoms with Crippen LogP contribution >= 0.6 is 28.1 Å². The quantitative estimate of drug-likeness (QED) is 0.505. The van der Waals surface area contributed by atoms with Crippen molar-refractivity contribution >= 4 is 44.6 Å². The lowest BCUT2D eigenvalue weighted by molar-refractivity contribution is 0.659. The number of halogens is 1. The molecule has 4 nitrogen and oxygen atoms in total. The SMILES string of the molecule is Cc1ccc(NC(=S)Nc2cccc(Cn3nc(C)c(Br)c3C)c2)cc1C. The van der Waals surface area contributed by atoms with Crippen molar-refractivity contribution < 1.29 is 0 Å². The lowest BCUT2D eigenvalue weighted by Crippen LogP contribution is -2.19. The number of hydrogen-bond acceptors (Lipinski definition) is 2. The molecule has 0 aliphatic rings. The summed E-state index contributed by atoms with van der Waals surface area (Å²) in [6, 6.07) is 14.4. The Bertz CT molecular complexity index is 994. The lowest BCUT2D eigenvalue weighted by atomic mass is 10.1. The van der Waals surface area contributed by atoms with E-state index in [2.05, 4.69) is 76.7 Å². The van der Waals surface area contributed by atoms with Crippen LogP contribution in [0.1, 0.15) is 28.1 Å². The maximum Gasteiger partial charge on any atom is 0.175 e. The van der Waals surface area contributed by atoms with Gasteiger partial charge in [0.25, 0.3) is 0 Å². The van der Waals surface area contributed by atoms with Crippen LogP contribution in [0, 0.1) is 27.7 Å². The summed E-state index contributed by atoms with van der Waals surface area (Å²) in [6.07, 6.45) is 0. The van der Waals surface area contributed by atoms with E-state index in [-0.39, 0.29) is 0 Å². The van der Waals surface area contributed by atoms with Crippen LogP contribution in [0.3, 0.4) is 0 Å². The number of rotatable bonds is 4. The average Bonchev–Trinajstić information content (AvgIpc) is 2.85. The molecular formula is C21H23BrN4S. The molecule has 0 spiro atoms. The second kappa shape index (κ2) is 8.23. The highest BCUT2D eigenvalue weighted by Crippen LogP contribution is 2.21. The second-order valence-corrected chi connectivity index (χ2v) is 7.92. The van der Waals surface area contributed by atoms with Gasteiger partial charge in [-0.1, -0.05) is 18.2 Å². The summed E-state index contributed by atoms with van der Waals surface area (Å²) in [7, 11) is 0. The fourth-order valence-corrected chi connectivity index (χ4v) is 3.38. The van der Waals surface area contributed by atoms with Crippen LogP contribution in [0.2, 0.25) is 0 Å². The van der Waals surface area contributed by atoms with Gasteiger partial charge in [0.2, 0.25) is 0 Å². The Morgan fingerprint density at radius 2 is 1.70 bits per heavy atom. The third-order valence-corrected chi connectivity index (χ3v) is 5.93. The summed E-state index contributed by atoms with van der Waals surface area (Å²) >= 11 is 9.04. The van der Waals surface area contributed by atoms with Crippen LogP contribution in [0.4, 0.5) is 11.4 Å². The zero-order valence-electron chi connectivity index (χ0n) is 15.9. The van der Waals surface area contributed by atoms with Gasteiger partial charge >= 0.3 is 0 Å². The van der Waals surface area contributed by atoms with Crippen molar-refractivity contribution in [1.82, 2.24) is 9.78 Å². The van der Waals surface area contributed by atoms with Gasteiger partial charge in [-0.3, -0.25) is 4.68 Å². The minimum Gasteiger partial charge on any atom is -0.332 e. The Hall–Kier alpha value is -2.18. The van der Waals surface area contributed by atoms with Crippen molar-refractivity contribution in [2.75, 3.05) is 10.6 Å². The molecule has 27 heavy (non-hydrogen) atoms. The molecular weight excluding hydrogens is 420 g/mol. The van der Waals surface area contributed by atoms with E-state index in [4.69, 9.17) is 12.2 Å². The molecule has 0 saturated heterocycles. The number of benzene rings is 2. The van der Waals surface area contributed by atoms with Crippen LogP contribution < -0.4 is 10.6 Å². The second-order valence-electron chi connectivity index (χ2n) is 6.72. The molecule has 3 aromatic rings. The normalized spacial score (nSPS) is 10.7. The van der Waals surface area contributed by atoms with Crippen LogP contribution in [0.25, 0.3) is 0 Å². The van der Waals surface area contributed by atoms with Gasteiger partial charge in [-0.05, 0) is 96.8 Å². The zero-order valence-corrected chi connectivity index (χ0v) is 18.3. The van der Waals surface area contributed by atoms with Crippen molar-refractivity contribution in [2.45, 2.75) is 34.2 Å². The molecule has 0 radical (unpaired) electrons. The van der Waals surface area contributed by atoms with Gasteiger partial charge in [-0.15, -0.1) is 0 Å². The number of nitrogens with one attached hydrogen (secondary N) is 2. The van der Waals surface area contributed by atoms with Crippen LogP contribution in [0.15, 0.2) is 46.9 Å². The fourth-order valence-electron chi connectivity index (χ4n) is 2.86. The Morgan fingerprint density at radius 1 is 1.00 bits per heavy atom. The van der Waals surface area contributed by atoms with E-state index in [1.807, 2.05) is 29.8 Å². The first-order valence-electron chi connectivity index (χ1n) is 8.77. The molecule has 2 N–H and O–H groups in total. The van der Waals surface area contributed by atoms with Crippen molar-refractivity contribution in [1.29, 1.82) is 0 Å². The minimum absolute atomic E-state index is 0.573. The molecule has 2 aromatic carbocycles. The number of nitrogens with zero attached hydrogens (tertiary/aromatic N) is 2. The monoisotopic (exact) mass is 442 g/mol. The molecule has 0 atom stereocenters. The molecule has 140 valence electrons. The molecule has 3 rings (SSSR count). The average molecular weight is 443 g/mol. The smallest absolute Gasteiger partial charge is 0.175 e. The molecule has 0 aliphatic heterocycles. The minimum atomic E-state index is 0.573. The van der Waals surface area contributed by atoms with Gasteiger partial charge in [0.1, 0.15) is 0 Å². The topological polar surface area (TPSA) is 41.9 Å². The lowest BCUT2D eigenvalue weighted by Gasteiger charge is -2.13. The Labute approximate surface area is 174 Å². The van der Waals surface area contributed by atoms with E-state index in [9.17, 15) is 0 Å². The number of anilines is 2. The number of hydrogen-bond donors (Lipinski definition) is 2. The van der Waals surface area contributed by atoms with Crippen molar-refractivity contribution in [2.24, 2.45) is 0 Å². The molecule has 0 unspecified atom stereocenters. The van der Waals surface area contributed by atoms with Gasteiger partial charge in [0.15, 0.2) is 5.11 Å². The summed E-state index contributed by atoms with van der Waals surface area (Å²) in [6.45, 7) is 8.97. The summed E-state index contributed by atoms with van der Waals surface area (Å²) in [5, 5.41) is 11.7. The van der Waals surface area contributed by atoms with Crippen molar-refractivity contribution in [3.63, 3.8) is 0 Å². The van der Waals surface area contributed by atoms with E-state index < -0.39 is 0 Å². The fraction of sp³-hybridized carbons (Fsp3) is 0.238. The highest BCUT2D eigenvalue weighted by molar-refractivity contribution is 9.10. The molecule has 0 saturated carbocycles. The third-order valence-electron chi connectivity index (χ3n) is 4.58. The molecule has 0 aliphatic carbocycles. The van der Waals surface area contributed by atoms with Crippen LogP contribution in [-0.2, 0) is 6.54 Å². The van der Waals surface area contributed by atoms with E-state index in [0.717, 1.165) is 32.8 Å². The summed E-state index contributed by atoms with van der Waals surface area (Å²) in [5.41, 5.74) is 7.72. The molecule has 0 amide bonds. The van der Waals surface area contributed by atoms with Crippen LogP contribution in [-0.4, -0.2) is 14.9 Å². The molecule has 1 aromatic heterocycles. The summed E-state index contributed by atoms with van der Waals surface area (Å²) < 4.78 is 3.07. The van der Waals surface area contributed by atoms with Gasteiger partial charge < -0.3 is 10.6 Å². The zero-order chi connectivity index (χ0) is 19.6. The first-order valence-corrected chi connectivity index (χ1v) is 9.97. The summed E-state index contributed by atoms with van der Waals surface area (Å²) in [5.74, 6) is 0. The number of thiocarbonyl (C=S) groups is 1. The predicted molar refractivity (Wildman–Crippen MR) is 121 cm³/mol. The number of aryl methyl sites for hydroxylation is 3. The highest BCUT2D eigenvalue weighted by Gasteiger charge is 2.09. The van der Waals surface area contributed by atoms with Crippen molar-refractivity contribution in [3.8, 4) is 0 Å². The van der Waals surface area contributed by atoms with Gasteiger partial charge in [-0.2, -0.15) is 5.10 Å². The first kappa shape index (κ1) is 19.6. The summed E-state index contributed by atoms with van der Waals surface area (Å²) in [4.78, 5) is 0. The van der Waals surface area contributed by atoms with E-state index >= 15 is 0 Å². The Balaban J connectivity index is 1.68. The molecule has 1 heterocycles. The molecule has 0 bridgehead atoms.